The van der Waals surface area contributed by atoms with E-state index in [0.29, 0.717) is 0 Å². The van der Waals surface area contributed by atoms with E-state index in [1.807, 2.05) is 5.43 Å². The van der Waals surface area contributed by atoms with E-state index in [4.69, 9.17) is 10.6 Å². The summed E-state index contributed by atoms with van der Waals surface area (Å²) < 4.78 is 5.34. The second-order valence-corrected chi connectivity index (χ2v) is 3.14. The zero-order valence-corrected chi connectivity index (χ0v) is 7.21. The molecule has 1 aliphatic rings. The van der Waals surface area contributed by atoms with E-state index in [1.165, 1.54) is 19.3 Å². The minimum atomic E-state index is -0.249. The highest BCUT2D eigenvalue weighted by atomic mass is 16.5. The van der Waals surface area contributed by atoms with Crippen LogP contribution in [0.2, 0.25) is 0 Å². The van der Waals surface area contributed by atoms with Gasteiger partial charge in [-0.05, 0) is 12.8 Å². The number of amides is 1. The molecule has 0 aliphatic heterocycles. The predicted molar refractivity (Wildman–Crippen MR) is 45.2 cm³/mol. The summed E-state index contributed by atoms with van der Waals surface area (Å²) in [5.41, 5.74) is 2.04. The van der Waals surface area contributed by atoms with Crippen LogP contribution in [0.15, 0.2) is 0 Å². The Bertz CT molecular complexity index is 144. The van der Waals surface area contributed by atoms with Gasteiger partial charge in [-0.15, -0.1) is 0 Å². The van der Waals surface area contributed by atoms with Crippen molar-refractivity contribution < 1.29 is 9.53 Å². The van der Waals surface area contributed by atoms with Crippen LogP contribution in [0, 0.1) is 0 Å². The minimum absolute atomic E-state index is 0.0984. The molecular formula is C8H16N2O2. The van der Waals surface area contributed by atoms with Crippen LogP contribution < -0.4 is 11.3 Å². The van der Waals surface area contributed by atoms with Gasteiger partial charge in [-0.3, -0.25) is 10.2 Å². The highest BCUT2D eigenvalue weighted by Gasteiger charge is 2.14. The second-order valence-electron chi connectivity index (χ2n) is 3.14. The second kappa shape index (κ2) is 5.11. The van der Waals surface area contributed by atoms with Crippen LogP contribution in [-0.2, 0) is 9.53 Å². The first kappa shape index (κ1) is 9.48. The lowest BCUT2D eigenvalue weighted by Crippen LogP contribution is -2.35. The summed E-state index contributed by atoms with van der Waals surface area (Å²) in [5.74, 6) is 4.66. The molecular weight excluding hydrogens is 156 g/mol. The van der Waals surface area contributed by atoms with Crippen molar-refractivity contribution in [3.8, 4) is 0 Å². The molecule has 4 heteroatoms. The fraction of sp³-hybridized carbons (Fsp3) is 0.875. The molecule has 4 nitrogen and oxygen atoms in total. The fourth-order valence-corrected chi connectivity index (χ4v) is 1.47. The van der Waals surface area contributed by atoms with Crippen LogP contribution in [0.3, 0.4) is 0 Å². The van der Waals surface area contributed by atoms with Crippen LogP contribution in [0.25, 0.3) is 0 Å². The highest BCUT2D eigenvalue weighted by molar-refractivity contribution is 5.76. The topological polar surface area (TPSA) is 64.3 Å². The molecule has 0 saturated heterocycles. The number of hydrogen-bond donors (Lipinski definition) is 2. The predicted octanol–water partition coefficient (Wildman–Crippen LogP) is 0.326. The van der Waals surface area contributed by atoms with Gasteiger partial charge in [0.25, 0.3) is 5.91 Å². The Kier molecular flexibility index (Phi) is 4.04. The Hall–Kier alpha value is -0.610. The monoisotopic (exact) mass is 172 g/mol. The van der Waals surface area contributed by atoms with E-state index in [9.17, 15) is 4.79 Å². The minimum Gasteiger partial charge on any atom is -0.368 e. The maximum Gasteiger partial charge on any atom is 0.259 e. The molecule has 1 saturated carbocycles. The summed E-state index contributed by atoms with van der Waals surface area (Å²) in [4.78, 5) is 10.7. The van der Waals surface area contributed by atoms with Gasteiger partial charge in [-0.25, -0.2) is 5.84 Å². The molecule has 1 aliphatic carbocycles. The van der Waals surface area contributed by atoms with Crippen LogP contribution in [0.1, 0.15) is 32.1 Å². The quantitative estimate of drug-likeness (QED) is 0.366. The molecule has 12 heavy (non-hydrogen) atoms. The molecule has 0 unspecified atom stereocenters. The molecule has 0 aromatic rings. The lowest BCUT2D eigenvalue weighted by Gasteiger charge is -2.21. The lowest BCUT2D eigenvalue weighted by atomic mass is 9.98. The van der Waals surface area contributed by atoms with E-state index in [-0.39, 0.29) is 18.6 Å². The number of nitrogens with one attached hydrogen (secondary N) is 1. The maximum absolute atomic E-state index is 10.7. The Labute approximate surface area is 72.4 Å². The van der Waals surface area contributed by atoms with Crippen molar-refractivity contribution in [3.63, 3.8) is 0 Å². The normalized spacial score (nSPS) is 19.1. The van der Waals surface area contributed by atoms with Crippen LogP contribution in [0.5, 0.6) is 0 Å². The molecule has 3 N–H and O–H groups in total. The van der Waals surface area contributed by atoms with E-state index < -0.39 is 0 Å². The van der Waals surface area contributed by atoms with Crippen LogP contribution in [0.4, 0.5) is 0 Å². The Morgan fingerprint density at radius 2 is 2.08 bits per heavy atom. The van der Waals surface area contributed by atoms with Gasteiger partial charge in [0.15, 0.2) is 0 Å². The van der Waals surface area contributed by atoms with Gasteiger partial charge >= 0.3 is 0 Å². The van der Waals surface area contributed by atoms with Crippen molar-refractivity contribution in [1.29, 1.82) is 0 Å². The summed E-state index contributed by atoms with van der Waals surface area (Å²) >= 11 is 0. The van der Waals surface area contributed by atoms with Crippen molar-refractivity contribution in [1.82, 2.24) is 5.43 Å². The first-order valence-electron chi connectivity index (χ1n) is 4.44. The number of ether oxygens (including phenoxy) is 1. The molecule has 0 heterocycles. The largest absolute Gasteiger partial charge is 0.368 e. The summed E-state index contributed by atoms with van der Waals surface area (Å²) in [6.45, 7) is 0.0984. The smallest absolute Gasteiger partial charge is 0.259 e. The summed E-state index contributed by atoms with van der Waals surface area (Å²) in [6, 6.07) is 0. The van der Waals surface area contributed by atoms with Gasteiger partial charge in [-0.2, -0.15) is 0 Å². The third kappa shape index (κ3) is 3.19. The summed E-state index contributed by atoms with van der Waals surface area (Å²) in [5, 5.41) is 0. The first-order valence-corrected chi connectivity index (χ1v) is 4.44. The van der Waals surface area contributed by atoms with Gasteiger partial charge in [0.05, 0.1) is 6.10 Å². The third-order valence-corrected chi connectivity index (χ3v) is 2.16. The standard InChI is InChI=1S/C8H16N2O2/c9-10-8(11)6-12-7-4-2-1-3-5-7/h7H,1-6,9H2,(H,10,11). The zero-order chi connectivity index (χ0) is 8.81. The molecule has 0 spiro atoms. The summed E-state index contributed by atoms with van der Waals surface area (Å²) in [7, 11) is 0. The zero-order valence-electron chi connectivity index (χ0n) is 7.21. The number of hydrazine groups is 1. The maximum atomic E-state index is 10.7. The van der Waals surface area contributed by atoms with Gasteiger partial charge in [0, 0.05) is 0 Å². The summed E-state index contributed by atoms with van der Waals surface area (Å²) in [6.07, 6.45) is 6.17. The molecule has 1 rings (SSSR count). The van der Waals surface area contributed by atoms with Crippen molar-refractivity contribution in [2.24, 2.45) is 5.84 Å². The Balaban J connectivity index is 2.09. The van der Waals surface area contributed by atoms with Gasteiger partial charge in [0.1, 0.15) is 6.61 Å². The van der Waals surface area contributed by atoms with Crippen LogP contribution >= 0.6 is 0 Å². The van der Waals surface area contributed by atoms with E-state index in [1.54, 1.807) is 0 Å². The van der Waals surface area contributed by atoms with Crippen molar-refractivity contribution >= 4 is 5.91 Å². The molecule has 0 atom stereocenters. The third-order valence-electron chi connectivity index (χ3n) is 2.16. The van der Waals surface area contributed by atoms with Crippen molar-refractivity contribution in [3.05, 3.63) is 0 Å². The SMILES string of the molecule is NNC(=O)COC1CCCCC1. The Morgan fingerprint density at radius 1 is 1.42 bits per heavy atom. The molecule has 0 aromatic carbocycles. The number of rotatable bonds is 3. The Morgan fingerprint density at radius 3 is 2.67 bits per heavy atom. The molecule has 0 aromatic heterocycles. The fourth-order valence-electron chi connectivity index (χ4n) is 1.47. The average Bonchev–Trinajstić information content (AvgIpc) is 2.16. The van der Waals surface area contributed by atoms with Gasteiger partial charge < -0.3 is 4.74 Å². The lowest BCUT2D eigenvalue weighted by molar-refractivity contribution is -0.128. The van der Waals surface area contributed by atoms with E-state index >= 15 is 0 Å². The molecule has 0 bridgehead atoms. The van der Waals surface area contributed by atoms with Gasteiger partial charge in [0.2, 0.25) is 0 Å². The van der Waals surface area contributed by atoms with Crippen molar-refractivity contribution in [2.45, 2.75) is 38.2 Å². The number of carbonyl (C=O) groups is 1. The highest BCUT2D eigenvalue weighted by Crippen LogP contribution is 2.19. The van der Waals surface area contributed by atoms with E-state index in [2.05, 4.69) is 0 Å². The molecule has 0 radical (unpaired) electrons. The molecule has 70 valence electrons. The van der Waals surface area contributed by atoms with Gasteiger partial charge in [-0.1, -0.05) is 19.3 Å². The number of carbonyl (C=O) groups excluding carboxylic acids is 1. The molecule has 1 amide bonds. The number of hydrogen-bond acceptors (Lipinski definition) is 3. The van der Waals surface area contributed by atoms with Crippen molar-refractivity contribution in [2.75, 3.05) is 6.61 Å². The average molecular weight is 172 g/mol. The number of nitrogens with two attached hydrogens (primary N) is 1. The molecule has 1 fully saturated rings. The van der Waals surface area contributed by atoms with E-state index in [0.717, 1.165) is 12.8 Å². The van der Waals surface area contributed by atoms with Crippen LogP contribution in [-0.4, -0.2) is 18.6 Å². The first-order chi connectivity index (χ1) is 5.83.